The molecule has 1 fully saturated rings. The van der Waals surface area contributed by atoms with E-state index in [1.807, 2.05) is 11.8 Å². The maximum Gasteiger partial charge on any atom is 0.0166 e. The van der Waals surface area contributed by atoms with Crippen LogP contribution in [0.5, 0.6) is 0 Å². The number of thioether (sulfide) groups is 1. The summed E-state index contributed by atoms with van der Waals surface area (Å²) in [5, 5.41) is 0. The lowest BCUT2D eigenvalue weighted by molar-refractivity contribution is 0.439. The van der Waals surface area contributed by atoms with Gasteiger partial charge in [0.2, 0.25) is 0 Å². The maximum absolute atomic E-state index is 5.96. The lowest BCUT2D eigenvalue weighted by Crippen LogP contribution is -2.39. The van der Waals surface area contributed by atoms with Gasteiger partial charge in [0.15, 0.2) is 0 Å². The number of rotatable bonds is 2. The molecule has 0 bridgehead atoms. The molecule has 2 rings (SSSR count). The third kappa shape index (κ3) is 1.82. The van der Waals surface area contributed by atoms with Gasteiger partial charge in [0, 0.05) is 17.7 Å². The van der Waals surface area contributed by atoms with Crippen LogP contribution in [-0.4, -0.2) is 18.1 Å². The first-order chi connectivity index (χ1) is 6.87. The molecule has 0 radical (unpaired) electrons. The average Bonchev–Trinajstić information content (AvgIpc) is 2.31. The summed E-state index contributed by atoms with van der Waals surface area (Å²) in [5.41, 5.74) is 7.64. The van der Waals surface area contributed by atoms with E-state index in [9.17, 15) is 0 Å². The highest BCUT2D eigenvalue weighted by molar-refractivity contribution is 7.99. The van der Waals surface area contributed by atoms with Crippen molar-refractivity contribution in [2.24, 2.45) is 5.73 Å². The van der Waals surface area contributed by atoms with Crippen LogP contribution in [0.3, 0.4) is 0 Å². The van der Waals surface area contributed by atoms with Crippen LogP contribution in [-0.2, 0) is 5.41 Å². The zero-order valence-corrected chi connectivity index (χ0v) is 9.22. The number of nitrogens with two attached hydrogens (primary N) is 1. The van der Waals surface area contributed by atoms with Crippen LogP contribution in [0.1, 0.15) is 18.4 Å². The molecule has 14 heavy (non-hydrogen) atoms. The fourth-order valence-corrected chi connectivity index (χ4v) is 3.46. The monoisotopic (exact) mass is 207 g/mol. The molecule has 1 atom stereocenters. The molecule has 1 nitrogen and oxygen atoms in total. The van der Waals surface area contributed by atoms with E-state index < -0.39 is 0 Å². The summed E-state index contributed by atoms with van der Waals surface area (Å²) >= 11 is 2.04. The van der Waals surface area contributed by atoms with E-state index in [-0.39, 0.29) is 5.41 Å². The minimum absolute atomic E-state index is 0.254. The van der Waals surface area contributed by atoms with E-state index in [0.717, 1.165) is 6.54 Å². The van der Waals surface area contributed by atoms with Crippen LogP contribution >= 0.6 is 11.8 Å². The second kappa shape index (κ2) is 4.37. The minimum Gasteiger partial charge on any atom is -0.330 e. The Bertz CT molecular complexity index is 278. The summed E-state index contributed by atoms with van der Waals surface area (Å²) in [7, 11) is 0. The van der Waals surface area contributed by atoms with Crippen LogP contribution in [0.25, 0.3) is 0 Å². The predicted molar refractivity (Wildman–Crippen MR) is 63.7 cm³/mol. The first-order valence-corrected chi connectivity index (χ1v) is 6.36. The molecule has 0 aromatic heterocycles. The zero-order chi connectivity index (χ0) is 9.86. The Morgan fingerprint density at radius 3 is 2.64 bits per heavy atom. The fraction of sp³-hybridized carbons (Fsp3) is 0.500. The predicted octanol–water partition coefficient (Wildman–Crippen LogP) is 2.41. The van der Waals surface area contributed by atoms with E-state index in [1.165, 1.54) is 29.9 Å². The molecule has 1 heterocycles. The van der Waals surface area contributed by atoms with Crippen molar-refractivity contribution < 1.29 is 0 Å². The van der Waals surface area contributed by atoms with E-state index in [2.05, 4.69) is 30.3 Å². The normalized spacial score (nSPS) is 27.5. The molecule has 0 aliphatic carbocycles. The Kier molecular flexibility index (Phi) is 3.14. The van der Waals surface area contributed by atoms with Gasteiger partial charge < -0.3 is 5.73 Å². The summed E-state index contributed by atoms with van der Waals surface area (Å²) in [6, 6.07) is 10.7. The van der Waals surface area contributed by atoms with Gasteiger partial charge in [-0.05, 0) is 24.2 Å². The van der Waals surface area contributed by atoms with Crippen LogP contribution in [0.2, 0.25) is 0 Å². The quantitative estimate of drug-likeness (QED) is 0.806. The molecule has 0 saturated carbocycles. The third-order valence-corrected chi connectivity index (χ3v) is 4.43. The molecule has 1 aromatic carbocycles. The van der Waals surface area contributed by atoms with Crippen LogP contribution in [0.4, 0.5) is 0 Å². The third-order valence-electron chi connectivity index (χ3n) is 3.10. The van der Waals surface area contributed by atoms with E-state index >= 15 is 0 Å². The first-order valence-electron chi connectivity index (χ1n) is 5.21. The molecule has 76 valence electrons. The van der Waals surface area contributed by atoms with Gasteiger partial charge in [0.25, 0.3) is 0 Å². The highest BCUT2D eigenvalue weighted by Crippen LogP contribution is 2.36. The molecule has 2 heteroatoms. The summed E-state index contributed by atoms with van der Waals surface area (Å²) in [5.74, 6) is 2.49. The number of benzene rings is 1. The number of hydrogen-bond acceptors (Lipinski definition) is 2. The zero-order valence-electron chi connectivity index (χ0n) is 8.41. The molecular weight excluding hydrogens is 190 g/mol. The Morgan fingerprint density at radius 1 is 1.29 bits per heavy atom. The minimum atomic E-state index is 0.254. The molecule has 2 N–H and O–H groups in total. The molecule has 0 spiro atoms. The molecule has 1 aliphatic rings. The average molecular weight is 207 g/mol. The SMILES string of the molecule is NCC1(c2ccccc2)CCCSC1. The maximum atomic E-state index is 5.96. The van der Waals surface area contributed by atoms with Crippen LogP contribution in [0, 0.1) is 0 Å². The second-order valence-electron chi connectivity index (χ2n) is 4.01. The van der Waals surface area contributed by atoms with Crippen LogP contribution in [0.15, 0.2) is 30.3 Å². The molecular formula is C12H17NS. The van der Waals surface area contributed by atoms with Crippen molar-refractivity contribution in [3.8, 4) is 0 Å². The second-order valence-corrected chi connectivity index (χ2v) is 5.11. The molecule has 1 saturated heterocycles. The molecule has 1 aromatic rings. The standard InChI is InChI=1S/C12H17NS/c13-9-12(7-4-8-14-10-12)11-5-2-1-3-6-11/h1-3,5-6H,4,7-10,13H2. The Labute approximate surface area is 90.1 Å². The van der Waals surface area contributed by atoms with E-state index in [0.29, 0.717) is 0 Å². The summed E-state index contributed by atoms with van der Waals surface area (Å²) in [6.07, 6.45) is 2.55. The highest BCUT2D eigenvalue weighted by Gasteiger charge is 2.32. The largest absolute Gasteiger partial charge is 0.330 e. The summed E-state index contributed by atoms with van der Waals surface area (Å²) < 4.78 is 0. The van der Waals surface area contributed by atoms with E-state index in [1.54, 1.807) is 0 Å². The van der Waals surface area contributed by atoms with Gasteiger partial charge in [-0.3, -0.25) is 0 Å². The van der Waals surface area contributed by atoms with Gasteiger partial charge in [0.05, 0.1) is 0 Å². The van der Waals surface area contributed by atoms with Crippen molar-refractivity contribution in [1.82, 2.24) is 0 Å². The van der Waals surface area contributed by atoms with Gasteiger partial charge in [-0.15, -0.1) is 0 Å². The first kappa shape index (κ1) is 10.1. The lowest BCUT2D eigenvalue weighted by Gasteiger charge is -2.36. The Balaban J connectivity index is 2.27. The van der Waals surface area contributed by atoms with Crippen molar-refractivity contribution >= 4 is 11.8 Å². The van der Waals surface area contributed by atoms with E-state index in [4.69, 9.17) is 5.73 Å². The van der Waals surface area contributed by atoms with Crippen molar-refractivity contribution in [3.05, 3.63) is 35.9 Å². The molecule has 1 aliphatic heterocycles. The van der Waals surface area contributed by atoms with Gasteiger partial charge in [-0.2, -0.15) is 11.8 Å². The Morgan fingerprint density at radius 2 is 2.07 bits per heavy atom. The summed E-state index contributed by atoms with van der Waals surface area (Å²) in [4.78, 5) is 0. The lowest BCUT2D eigenvalue weighted by atomic mass is 9.78. The van der Waals surface area contributed by atoms with Gasteiger partial charge in [-0.1, -0.05) is 30.3 Å². The van der Waals surface area contributed by atoms with Crippen molar-refractivity contribution in [3.63, 3.8) is 0 Å². The smallest absolute Gasteiger partial charge is 0.0166 e. The van der Waals surface area contributed by atoms with Crippen molar-refractivity contribution in [1.29, 1.82) is 0 Å². The van der Waals surface area contributed by atoms with Crippen molar-refractivity contribution in [2.75, 3.05) is 18.1 Å². The van der Waals surface area contributed by atoms with Gasteiger partial charge >= 0.3 is 0 Å². The topological polar surface area (TPSA) is 26.0 Å². The summed E-state index contributed by atoms with van der Waals surface area (Å²) in [6.45, 7) is 0.782. The molecule has 1 unspecified atom stereocenters. The van der Waals surface area contributed by atoms with Crippen LogP contribution < -0.4 is 5.73 Å². The van der Waals surface area contributed by atoms with Gasteiger partial charge in [0.1, 0.15) is 0 Å². The fourth-order valence-electron chi connectivity index (χ4n) is 2.15. The van der Waals surface area contributed by atoms with Crippen molar-refractivity contribution in [2.45, 2.75) is 18.3 Å². The highest BCUT2D eigenvalue weighted by atomic mass is 32.2. The van der Waals surface area contributed by atoms with Gasteiger partial charge in [-0.25, -0.2) is 0 Å². The molecule has 0 amide bonds. The number of hydrogen-bond donors (Lipinski definition) is 1. The Hall–Kier alpha value is -0.470.